The summed E-state index contributed by atoms with van der Waals surface area (Å²) < 4.78 is 11.2. The monoisotopic (exact) mass is 425 g/mol. The predicted octanol–water partition coefficient (Wildman–Crippen LogP) is 5.71. The average molecular weight is 425 g/mol. The zero-order valence-corrected chi connectivity index (χ0v) is 17.9. The summed E-state index contributed by atoms with van der Waals surface area (Å²) >= 11 is 0. The summed E-state index contributed by atoms with van der Waals surface area (Å²) in [6.07, 6.45) is 6.55. The number of nitrogens with zero attached hydrogens (tertiary/aromatic N) is 2. The molecule has 0 unspecified atom stereocenters. The highest BCUT2D eigenvalue weighted by atomic mass is 16.5. The predicted molar refractivity (Wildman–Crippen MR) is 127 cm³/mol. The number of benzene rings is 2. The fourth-order valence-electron chi connectivity index (χ4n) is 3.26. The van der Waals surface area contributed by atoms with Crippen molar-refractivity contribution in [2.24, 2.45) is 5.10 Å². The fourth-order valence-corrected chi connectivity index (χ4v) is 3.26. The first kappa shape index (κ1) is 21.1. The summed E-state index contributed by atoms with van der Waals surface area (Å²) in [7, 11) is 0. The summed E-state index contributed by atoms with van der Waals surface area (Å²) in [4.78, 5) is 17.7. The largest absolute Gasteiger partial charge is 0.490 e. The molecule has 32 heavy (non-hydrogen) atoms. The highest BCUT2D eigenvalue weighted by Gasteiger charge is 2.16. The van der Waals surface area contributed by atoms with Crippen molar-refractivity contribution < 1.29 is 13.9 Å². The number of hydrogen-bond donors (Lipinski definition) is 1. The van der Waals surface area contributed by atoms with Gasteiger partial charge in [-0.1, -0.05) is 30.3 Å². The van der Waals surface area contributed by atoms with E-state index >= 15 is 0 Å². The number of carbonyl (C=O) groups excluding carboxylic acids is 1. The van der Waals surface area contributed by atoms with Crippen LogP contribution in [0.5, 0.6) is 5.75 Å². The Labute approximate surface area is 186 Å². The Kier molecular flexibility index (Phi) is 6.41. The topological polar surface area (TPSA) is 76.7 Å². The Hall–Kier alpha value is -4.19. The Morgan fingerprint density at radius 3 is 2.72 bits per heavy atom. The molecule has 0 bridgehead atoms. The molecule has 0 aliphatic rings. The van der Waals surface area contributed by atoms with Gasteiger partial charge in [0.1, 0.15) is 11.5 Å². The van der Waals surface area contributed by atoms with Gasteiger partial charge in [0.05, 0.1) is 29.1 Å². The zero-order chi connectivity index (χ0) is 22.3. The quantitative estimate of drug-likeness (QED) is 0.304. The minimum atomic E-state index is -0.324. The molecule has 160 valence electrons. The molecule has 4 aromatic rings. The zero-order valence-electron chi connectivity index (χ0n) is 17.9. The number of para-hydroxylation sites is 2. The van der Waals surface area contributed by atoms with Crippen molar-refractivity contribution in [1.29, 1.82) is 0 Å². The Bertz CT molecular complexity index is 1270. The van der Waals surface area contributed by atoms with E-state index in [0.29, 0.717) is 17.0 Å². The number of allylic oxidation sites excluding steroid dienone is 1. The Balaban J connectivity index is 1.65. The van der Waals surface area contributed by atoms with Gasteiger partial charge < -0.3 is 9.15 Å². The SMILES string of the molecule is CC(C)Oc1ccccc1-c1cc(C(=O)N/N=C\C=C\c2ccco2)c2ccccc2n1. The Morgan fingerprint density at radius 1 is 1.09 bits per heavy atom. The summed E-state index contributed by atoms with van der Waals surface area (Å²) in [5.41, 5.74) is 5.27. The van der Waals surface area contributed by atoms with Gasteiger partial charge in [0.25, 0.3) is 5.91 Å². The van der Waals surface area contributed by atoms with Crippen molar-refractivity contribution >= 4 is 29.1 Å². The second-order valence-electron chi connectivity index (χ2n) is 7.33. The molecule has 0 saturated heterocycles. The number of amides is 1. The van der Waals surface area contributed by atoms with Gasteiger partial charge in [0.2, 0.25) is 0 Å². The van der Waals surface area contributed by atoms with Crippen LogP contribution in [0, 0.1) is 0 Å². The lowest BCUT2D eigenvalue weighted by molar-refractivity contribution is 0.0956. The number of hydrogen-bond acceptors (Lipinski definition) is 5. The van der Waals surface area contributed by atoms with Gasteiger partial charge in [-0.15, -0.1) is 0 Å². The van der Waals surface area contributed by atoms with E-state index in [4.69, 9.17) is 14.1 Å². The normalized spacial score (nSPS) is 11.6. The van der Waals surface area contributed by atoms with Crippen molar-refractivity contribution in [3.8, 4) is 17.0 Å². The molecular formula is C26H23N3O3. The molecule has 0 atom stereocenters. The number of ether oxygens (including phenoxy) is 1. The van der Waals surface area contributed by atoms with Crippen LogP contribution >= 0.6 is 0 Å². The minimum Gasteiger partial charge on any atom is -0.490 e. The number of carbonyl (C=O) groups is 1. The summed E-state index contributed by atoms with van der Waals surface area (Å²) in [5, 5.41) is 4.76. The molecule has 6 nitrogen and oxygen atoms in total. The van der Waals surface area contributed by atoms with E-state index in [2.05, 4.69) is 10.5 Å². The average Bonchev–Trinajstić information content (AvgIpc) is 3.31. The van der Waals surface area contributed by atoms with Crippen molar-refractivity contribution in [3.63, 3.8) is 0 Å². The maximum atomic E-state index is 13.0. The van der Waals surface area contributed by atoms with Gasteiger partial charge in [-0.3, -0.25) is 4.79 Å². The first-order chi connectivity index (χ1) is 15.6. The van der Waals surface area contributed by atoms with Crippen LogP contribution < -0.4 is 10.2 Å². The molecule has 1 amide bonds. The summed E-state index contributed by atoms with van der Waals surface area (Å²) in [6.45, 7) is 3.95. The lowest BCUT2D eigenvalue weighted by Gasteiger charge is -2.15. The van der Waals surface area contributed by atoms with Crippen LogP contribution in [0.1, 0.15) is 30.0 Å². The highest BCUT2D eigenvalue weighted by Crippen LogP contribution is 2.32. The van der Waals surface area contributed by atoms with E-state index in [1.54, 1.807) is 30.5 Å². The fraction of sp³-hybridized carbons (Fsp3) is 0.115. The number of aromatic nitrogens is 1. The molecule has 0 fully saturated rings. The molecule has 0 saturated carbocycles. The van der Waals surface area contributed by atoms with E-state index in [1.807, 2.05) is 68.4 Å². The lowest BCUT2D eigenvalue weighted by Crippen LogP contribution is -2.18. The molecule has 6 heteroatoms. The van der Waals surface area contributed by atoms with Crippen LogP contribution in [0.25, 0.3) is 28.2 Å². The van der Waals surface area contributed by atoms with E-state index in [0.717, 1.165) is 22.2 Å². The van der Waals surface area contributed by atoms with Gasteiger partial charge in [-0.2, -0.15) is 5.10 Å². The third-order valence-electron chi connectivity index (χ3n) is 4.62. The molecule has 0 spiro atoms. The van der Waals surface area contributed by atoms with Crippen LogP contribution in [0.2, 0.25) is 0 Å². The Morgan fingerprint density at radius 2 is 1.91 bits per heavy atom. The highest BCUT2D eigenvalue weighted by molar-refractivity contribution is 6.07. The van der Waals surface area contributed by atoms with E-state index in [1.165, 1.54) is 6.21 Å². The second-order valence-corrected chi connectivity index (χ2v) is 7.33. The van der Waals surface area contributed by atoms with E-state index < -0.39 is 0 Å². The number of rotatable bonds is 7. The van der Waals surface area contributed by atoms with Crippen molar-refractivity contribution in [2.75, 3.05) is 0 Å². The lowest BCUT2D eigenvalue weighted by atomic mass is 10.0. The van der Waals surface area contributed by atoms with Gasteiger partial charge >= 0.3 is 0 Å². The summed E-state index contributed by atoms with van der Waals surface area (Å²) in [6, 6.07) is 20.6. The van der Waals surface area contributed by atoms with Crippen LogP contribution in [-0.2, 0) is 0 Å². The van der Waals surface area contributed by atoms with Gasteiger partial charge in [-0.05, 0) is 62.4 Å². The number of nitrogens with one attached hydrogen (secondary N) is 1. The van der Waals surface area contributed by atoms with Crippen molar-refractivity contribution in [2.45, 2.75) is 20.0 Å². The van der Waals surface area contributed by atoms with Crippen LogP contribution in [0.15, 0.2) is 88.6 Å². The third kappa shape index (κ3) is 4.92. The second kappa shape index (κ2) is 9.75. The van der Waals surface area contributed by atoms with E-state index in [-0.39, 0.29) is 12.0 Å². The number of pyridine rings is 1. The van der Waals surface area contributed by atoms with Gasteiger partial charge in [0.15, 0.2) is 0 Å². The van der Waals surface area contributed by atoms with E-state index in [9.17, 15) is 4.79 Å². The smallest absolute Gasteiger partial charge is 0.272 e. The minimum absolute atomic E-state index is 0.0166. The third-order valence-corrected chi connectivity index (χ3v) is 4.62. The first-order valence-corrected chi connectivity index (χ1v) is 10.3. The summed E-state index contributed by atoms with van der Waals surface area (Å²) in [5.74, 6) is 1.10. The molecule has 0 radical (unpaired) electrons. The van der Waals surface area contributed by atoms with Crippen molar-refractivity contribution in [1.82, 2.24) is 10.4 Å². The van der Waals surface area contributed by atoms with Gasteiger partial charge in [-0.25, -0.2) is 10.4 Å². The van der Waals surface area contributed by atoms with Crippen LogP contribution in [0.4, 0.5) is 0 Å². The van der Waals surface area contributed by atoms with Crippen molar-refractivity contribution in [3.05, 3.63) is 90.4 Å². The molecule has 0 aliphatic carbocycles. The number of furan rings is 1. The molecule has 2 heterocycles. The maximum Gasteiger partial charge on any atom is 0.272 e. The molecule has 2 aromatic heterocycles. The van der Waals surface area contributed by atoms with Gasteiger partial charge in [0, 0.05) is 17.2 Å². The maximum absolute atomic E-state index is 13.0. The molecule has 2 aromatic carbocycles. The number of fused-ring (bicyclic) bond motifs is 1. The van der Waals surface area contributed by atoms with Crippen LogP contribution in [-0.4, -0.2) is 23.2 Å². The first-order valence-electron chi connectivity index (χ1n) is 10.3. The molecule has 4 rings (SSSR count). The number of hydrazone groups is 1. The molecular weight excluding hydrogens is 402 g/mol. The molecule has 1 N–H and O–H groups in total. The van der Waals surface area contributed by atoms with Crippen LogP contribution in [0.3, 0.4) is 0 Å². The molecule has 0 aliphatic heterocycles. The standard InChI is InChI=1S/C26H23N3O3/c1-18(2)32-25-14-6-4-12-21(25)24-17-22(20-11-3-5-13-23(20)28-24)26(30)29-27-15-7-9-19-10-8-16-31-19/h3-18H,1-2H3,(H,29,30)/b9-7+,27-15-.